The molecule has 0 heteroatoms. The van der Waals surface area contributed by atoms with Crippen molar-refractivity contribution in [1.82, 2.24) is 0 Å². The Morgan fingerprint density at radius 1 is 0.929 bits per heavy atom. The fourth-order valence-electron chi connectivity index (χ4n) is 1.80. The van der Waals surface area contributed by atoms with Crippen LogP contribution in [0, 0.1) is 22.7 Å². The highest BCUT2D eigenvalue weighted by atomic mass is 14.4. The highest BCUT2D eigenvalue weighted by Crippen LogP contribution is 2.46. The van der Waals surface area contributed by atoms with Crippen molar-refractivity contribution >= 4 is 0 Å². The van der Waals surface area contributed by atoms with Crippen molar-refractivity contribution in [3.63, 3.8) is 0 Å². The van der Waals surface area contributed by atoms with Crippen molar-refractivity contribution in [2.45, 2.75) is 68.2 Å². The zero-order valence-corrected chi connectivity index (χ0v) is 11.6. The van der Waals surface area contributed by atoms with Gasteiger partial charge in [-0.05, 0) is 29.1 Å². The summed E-state index contributed by atoms with van der Waals surface area (Å²) in [4.78, 5) is 0. The molecule has 2 atom stereocenters. The van der Waals surface area contributed by atoms with Crippen molar-refractivity contribution in [2.75, 3.05) is 0 Å². The monoisotopic (exact) mass is 198 g/mol. The van der Waals surface area contributed by atoms with E-state index < -0.39 is 0 Å². The van der Waals surface area contributed by atoms with E-state index in [-0.39, 0.29) is 0 Å². The number of rotatable bonds is 4. The zero-order valence-electron chi connectivity index (χ0n) is 11.6. The molecule has 86 valence electrons. The van der Waals surface area contributed by atoms with E-state index in [2.05, 4.69) is 55.4 Å². The molecule has 0 saturated heterocycles. The standard InChI is InChI=1S/C14H30/c1-9-11(2)10-12(3)14(7,8)13(4,5)6/h11-12H,9-10H2,1-8H3. The summed E-state index contributed by atoms with van der Waals surface area (Å²) in [5, 5.41) is 0. The van der Waals surface area contributed by atoms with Crippen LogP contribution in [0.2, 0.25) is 0 Å². The third kappa shape index (κ3) is 3.29. The van der Waals surface area contributed by atoms with Crippen molar-refractivity contribution in [1.29, 1.82) is 0 Å². The normalized spacial score (nSPS) is 18.0. The molecule has 0 aromatic rings. The van der Waals surface area contributed by atoms with Gasteiger partial charge in [-0.15, -0.1) is 0 Å². The van der Waals surface area contributed by atoms with E-state index in [1.165, 1.54) is 12.8 Å². The molecule has 0 bridgehead atoms. The van der Waals surface area contributed by atoms with Gasteiger partial charge in [0, 0.05) is 0 Å². The molecule has 0 rings (SSSR count). The van der Waals surface area contributed by atoms with E-state index in [1.54, 1.807) is 0 Å². The summed E-state index contributed by atoms with van der Waals surface area (Å²) in [6.45, 7) is 19.0. The Labute approximate surface area is 91.5 Å². The van der Waals surface area contributed by atoms with Gasteiger partial charge in [-0.3, -0.25) is 0 Å². The van der Waals surface area contributed by atoms with E-state index in [0.29, 0.717) is 10.8 Å². The molecule has 0 aromatic heterocycles. The zero-order chi connectivity index (χ0) is 11.6. The van der Waals surface area contributed by atoms with Crippen LogP contribution in [0.4, 0.5) is 0 Å². The maximum Gasteiger partial charge on any atom is -0.0280 e. The van der Waals surface area contributed by atoms with Crippen LogP contribution in [0.5, 0.6) is 0 Å². The topological polar surface area (TPSA) is 0 Å². The summed E-state index contributed by atoms with van der Waals surface area (Å²) in [6.07, 6.45) is 2.67. The number of hydrogen-bond acceptors (Lipinski definition) is 0. The van der Waals surface area contributed by atoms with E-state index >= 15 is 0 Å². The SMILES string of the molecule is CCC(C)CC(C)C(C)(C)C(C)(C)C. The second kappa shape index (κ2) is 4.68. The van der Waals surface area contributed by atoms with Gasteiger partial charge in [0.15, 0.2) is 0 Å². The highest BCUT2D eigenvalue weighted by molar-refractivity contribution is 4.87. The van der Waals surface area contributed by atoms with Gasteiger partial charge >= 0.3 is 0 Å². The fourth-order valence-corrected chi connectivity index (χ4v) is 1.80. The molecule has 0 aliphatic rings. The van der Waals surface area contributed by atoms with Gasteiger partial charge < -0.3 is 0 Å². The van der Waals surface area contributed by atoms with Gasteiger partial charge in [0.05, 0.1) is 0 Å². The molecule has 14 heavy (non-hydrogen) atoms. The Hall–Kier alpha value is 0. The predicted molar refractivity (Wildman–Crippen MR) is 66.5 cm³/mol. The maximum atomic E-state index is 2.42. The smallest absolute Gasteiger partial charge is 0.0280 e. The fraction of sp³-hybridized carbons (Fsp3) is 1.00. The van der Waals surface area contributed by atoms with Gasteiger partial charge in [0.1, 0.15) is 0 Å². The molecule has 0 aromatic carbocycles. The molecule has 0 heterocycles. The molecule has 0 aliphatic carbocycles. The lowest BCUT2D eigenvalue weighted by Gasteiger charge is -2.44. The van der Waals surface area contributed by atoms with Crippen molar-refractivity contribution in [3.05, 3.63) is 0 Å². The number of hydrogen-bond donors (Lipinski definition) is 0. The lowest BCUT2D eigenvalue weighted by Crippen LogP contribution is -2.36. The molecule has 0 aliphatic heterocycles. The minimum absolute atomic E-state index is 0.403. The van der Waals surface area contributed by atoms with Crippen LogP contribution >= 0.6 is 0 Å². The Bertz CT molecular complexity index is 159. The summed E-state index contributed by atoms with van der Waals surface area (Å²) in [5.74, 6) is 1.67. The van der Waals surface area contributed by atoms with Crippen molar-refractivity contribution in [2.24, 2.45) is 22.7 Å². The first-order valence-electron chi connectivity index (χ1n) is 6.13. The summed E-state index contributed by atoms with van der Waals surface area (Å²) in [5.41, 5.74) is 0.830. The van der Waals surface area contributed by atoms with E-state index in [9.17, 15) is 0 Å². The van der Waals surface area contributed by atoms with Crippen LogP contribution in [0.15, 0.2) is 0 Å². The van der Waals surface area contributed by atoms with Crippen LogP contribution in [0.1, 0.15) is 68.2 Å². The molecular weight excluding hydrogens is 168 g/mol. The van der Waals surface area contributed by atoms with E-state index in [4.69, 9.17) is 0 Å². The average Bonchev–Trinajstić information content (AvgIpc) is 2.01. The first kappa shape index (κ1) is 14.0. The van der Waals surface area contributed by atoms with Gasteiger partial charge in [-0.2, -0.15) is 0 Å². The van der Waals surface area contributed by atoms with Crippen molar-refractivity contribution in [3.8, 4) is 0 Å². The second-order valence-electron chi connectivity index (χ2n) is 6.62. The highest BCUT2D eigenvalue weighted by Gasteiger charge is 2.37. The van der Waals surface area contributed by atoms with Crippen molar-refractivity contribution < 1.29 is 0 Å². The molecule has 0 saturated carbocycles. The third-order valence-corrected chi connectivity index (χ3v) is 4.62. The van der Waals surface area contributed by atoms with Crippen LogP contribution in [0.3, 0.4) is 0 Å². The van der Waals surface area contributed by atoms with Gasteiger partial charge in [0.2, 0.25) is 0 Å². The molecular formula is C14H30. The Balaban J connectivity index is 4.43. The maximum absolute atomic E-state index is 2.42. The quantitative estimate of drug-likeness (QED) is 0.587. The van der Waals surface area contributed by atoms with Crippen LogP contribution in [-0.4, -0.2) is 0 Å². The lowest BCUT2D eigenvalue weighted by molar-refractivity contribution is 0.0509. The van der Waals surface area contributed by atoms with Gasteiger partial charge in [0.25, 0.3) is 0 Å². The minimum atomic E-state index is 0.403. The van der Waals surface area contributed by atoms with Gasteiger partial charge in [-0.1, -0.05) is 61.8 Å². The molecule has 0 N–H and O–H groups in total. The van der Waals surface area contributed by atoms with Crippen LogP contribution in [0.25, 0.3) is 0 Å². The second-order valence-corrected chi connectivity index (χ2v) is 6.62. The van der Waals surface area contributed by atoms with E-state index in [1.807, 2.05) is 0 Å². The average molecular weight is 198 g/mol. The third-order valence-electron chi connectivity index (χ3n) is 4.62. The minimum Gasteiger partial charge on any atom is -0.0651 e. The Morgan fingerprint density at radius 3 is 1.64 bits per heavy atom. The molecule has 0 amide bonds. The summed E-state index contributed by atoms with van der Waals surface area (Å²) < 4.78 is 0. The molecule has 0 spiro atoms. The predicted octanol–water partition coefficient (Wildman–Crippen LogP) is 5.13. The molecule has 0 radical (unpaired) electrons. The van der Waals surface area contributed by atoms with Crippen LogP contribution in [-0.2, 0) is 0 Å². The molecule has 2 unspecified atom stereocenters. The molecule has 0 nitrogen and oxygen atoms in total. The Kier molecular flexibility index (Phi) is 4.68. The first-order valence-corrected chi connectivity index (χ1v) is 6.13. The largest absolute Gasteiger partial charge is 0.0651 e. The van der Waals surface area contributed by atoms with Gasteiger partial charge in [-0.25, -0.2) is 0 Å². The lowest BCUT2D eigenvalue weighted by atomic mass is 9.61. The molecule has 0 fully saturated rings. The van der Waals surface area contributed by atoms with Crippen LogP contribution < -0.4 is 0 Å². The summed E-state index contributed by atoms with van der Waals surface area (Å²) in [6, 6.07) is 0. The first-order chi connectivity index (χ1) is 6.13. The summed E-state index contributed by atoms with van der Waals surface area (Å²) in [7, 11) is 0. The Morgan fingerprint density at radius 2 is 1.36 bits per heavy atom. The summed E-state index contributed by atoms with van der Waals surface area (Å²) >= 11 is 0. The van der Waals surface area contributed by atoms with E-state index in [0.717, 1.165) is 11.8 Å².